The van der Waals surface area contributed by atoms with Crippen molar-refractivity contribution >= 4 is 57.2 Å². The van der Waals surface area contributed by atoms with Gasteiger partial charge in [0.2, 0.25) is 0 Å². The first-order valence-electron chi connectivity index (χ1n) is 22.0. The van der Waals surface area contributed by atoms with Gasteiger partial charge in [-0.15, -0.1) is 0 Å². The molecule has 0 spiro atoms. The normalized spacial score (nSPS) is 14.4. The lowest BCUT2D eigenvalue weighted by Crippen LogP contribution is -2.61. The Morgan fingerprint density at radius 1 is 0.368 bits per heavy atom. The Kier molecular flexibility index (Phi) is 10.2. The van der Waals surface area contributed by atoms with Gasteiger partial charge < -0.3 is 9.80 Å². The van der Waals surface area contributed by atoms with Gasteiger partial charge in [0.1, 0.15) is 0 Å². The van der Waals surface area contributed by atoms with E-state index in [0.717, 1.165) is 25.7 Å². The molecule has 7 rings (SSSR count). The van der Waals surface area contributed by atoms with Crippen LogP contribution in [0, 0.1) is 0 Å². The van der Waals surface area contributed by atoms with E-state index < -0.39 is 0 Å². The second-order valence-corrected chi connectivity index (χ2v) is 20.9. The fourth-order valence-electron chi connectivity index (χ4n) is 8.78. The minimum absolute atomic E-state index is 0.0516. The van der Waals surface area contributed by atoms with Crippen LogP contribution in [-0.4, -0.2) is 6.71 Å². The van der Waals surface area contributed by atoms with E-state index in [1.807, 2.05) is 0 Å². The summed E-state index contributed by atoms with van der Waals surface area (Å²) in [6.07, 6.45) is 4.35. The van der Waals surface area contributed by atoms with Gasteiger partial charge in [-0.2, -0.15) is 0 Å². The molecule has 2 heterocycles. The van der Waals surface area contributed by atoms with Crippen molar-refractivity contribution < 1.29 is 0 Å². The lowest BCUT2D eigenvalue weighted by Gasteiger charge is -2.46. The third-order valence-electron chi connectivity index (χ3n) is 14.8. The Bertz CT molecular complexity index is 2130. The van der Waals surface area contributed by atoms with Crippen LogP contribution in [0.1, 0.15) is 157 Å². The quantitative estimate of drug-likeness (QED) is 0.128. The van der Waals surface area contributed by atoms with E-state index in [9.17, 15) is 0 Å². The predicted octanol–water partition coefficient (Wildman–Crippen LogP) is 13.8. The van der Waals surface area contributed by atoms with Crippen LogP contribution in [0.4, 0.5) is 34.1 Å². The van der Waals surface area contributed by atoms with Crippen LogP contribution in [-0.2, 0) is 27.1 Å². The van der Waals surface area contributed by atoms with E-state index in [2.05, 4.69) is 211 Å². The molecule has 0 amide bonds. The number of nitrogens with zero attached hydrogens (tertiary/aromatic N) is 2. The number of hydrogen-bond acceptors (Lipinski definition) is 2. The molecule has 3 heteroatoms. The highest BCUT2D eigenvalue weighted by atomic mass is 15.2. The van der Waals surface area contributed by atoms with E-state index >= 15 is 0 Å². The molecule has 0 atom stereocenters. The molecule has 5 aromatic carbocycles. The topological polar surface area (TPSA) is 6.48 Å². The molecule has 0 bridgehead atoms. The van der Waals surface area contributed by atoms with Crippen LogP contribution in [0.3, 0.4) is 0 Å². The maximum Gasteiger partial charge on any atom is 0.252 e. The van der Waals surface area contributed by atoms with E-state index in [4.69, 9.17) is 0 Å². The molecule has 0 aromatic heterocycles. The maximum atomic E-state index is 2.60. The molecule has 0 aliphatic carbocycles. The predicted molar refractivity (Wildman–Crippen MR) is 252 cm³/mol. The van der Waals surface area contributed by atoms with Crippen molar-refractivity contribution in [3.63, 3.8) is 0 Å². The highest BCUT2D eigenvalue weighted by molar-refractivity contribution is 7.00. The number of rotatable bonds is 10. The zero-order valence-electron chi connectivity index (χ0n) is 38.0. The Morgan fingerprint density at radius 3 is 1.00 bits per heavy atom. The van der Waals surface area contributed by atoms with Gasteiger partial charge in [0.05, 0.1) is 0 Å². The number of benzene rings is 5. The minimum atomic E-state index is -0.0625. The van der Waals surface area contributed by atoms with Gasteiger partial charge in [-0.25, -0.2) is 0 Å². The third-order valence-corrected chi connectivity index (χ3v) is 14.8. The van der Waals surface area contributed by atoms with E-state index in [1.54, 1.807) is 0 Å². The average molecular weight is 757 g/mol. The lowest BCUT2D eigenvalue weighted by molar-refractivity contribution is 0.506. The standard InChI is InChI=1S/C54H69BN2/c1-16-51(8,9)36-20-26-41(27-21-36)56-45-30-24-38(53(12,13)18-3)32-43(45)55-44-33-39(54(14,15)19-4)25-31-46(44)57(42-28-22-37(23-29-42)52(10,11)17-2)48-35-40(50(5,6)7)34-47(56)49(48)55/h20-35H,16-19H2,1-15H3. The zero-order valence-corrected chi connectivity index (χ0v) is 38.0. The summed E-state index contributed by atoms with van der Waals surface area (Å²) >= 11 is 0. The summed E-state index contributed by atoms with van der Waals surface area (Å²) in [6.45, 7) is 35.5. The van der Waals surface area contributed by atoms with Crippen molar-refractivity contribution in [3.8, 4) is 0 Å². The molecule has 0 saturated heterocycles. The second-order valence-electron chi connectivity index (χ2n) is 20.9. The molecule has 0 unspecified atom stereocenters. The molecule has 0 radical (unpaired) electrons. The van der Waals surface area contributed by atoms with Crippen molar-refractivity contribution in [2.24, 2.45) is 0 Å². The van der Waals surface area contributed by atoms with Gasteiger partial charge >= 0.3 is 0 Å². The van der Waals surface area contributed by atoms with Crippen LogP contribution in [0.5, 0.6) is 0 Å². The molecule has 2 aliphatic heterocycles. The number of hydrogen-bond donors (Lipinski definition) is 0. The molecule has 57 heavy (non-hydrogen) atoms. The molecule has 0 N–H and O–H groups in total. The van der Waals surface area contributed by atoms with Crippen LogP contribution < -0.4 is 26.2 Å². The van der Waals surface area contributed by atoms with Crippen molar-refractivity contribution in [1.82, 2.24) is 0 Å². The van der Waals surface area contributed by atoms with Crippen molar-refractivity contribution in [3.05, 3.63) is 125 Å². The fraction of sp³-hybridized carbons (Fsp3) is 0.444. The Labute approximate surface area is 347 Å². The van der Waals surface area contributed by atoms with Gasteiger partial charge in [-0.05, 0) is 145 Å². The Hall–Kier alpha value is -4.24. The van der Waals surface area contributed by atoms with Crippen LogP contribution >= 0.6 is 0 Å². The highest BCUT2D eigenvalue weighted by Crippen LogP contribution is 2.47. The minimum Gasteiger partial charge on any atom is -0.311 e. The van der Waals surface area contributed by atoms with E-state index in [-0.39, 0.29) is 33.8 Å². The summed E-state index contributed by atoms with van der Waals surface area (Å²) in [6, 6.07) is 38.9. The summed E-state index contributed by atoms with van der Waals surface area (Å²) in [5.74, 6) is 0. The van der Waals surface area contributed by atoms with Crippen molar-refractivity contribution in [2.45, 2.75) is 157 Å². The van der Waals surface area contributed by atoms with Crippen molar-refractivity contribution in [1.29, 1.82) is 0 Å². The number of anilines is 6. The van der Waals surface area contributed by atoms with Gasteiger partial charge in [0, 0.05) is 34.1 Å². The smallest absolute Gasteiger partial charge is 0.252 e. The van der Waals surface area contributed by atoms with E-state index in [0.29, 0.717) is 0 Å². The fourth-order valence-corrected chi connectivity index (χ4v) is 8.78. The molecule has 5 aromatic rings. The van der Waals surface area contributed by atoms with Crippen LogP contribution in [0.2, 0.25) is 0 Å². The van der Waals surface area contributed by atoms with Crippen LogP contribution in [0.15, 0.2) is 97.1 Å². The highest BCUT2D eigenvalue weighted by Gasteiger charge is 2.45. The Morgan fingerprint density at radius 2 is 0.684 bits per heavy atom. The van der Waals surface area contributed by atoms with Gasteiger partial charge in [-0.3, -0.25) is 0 Å². The molecular formula is C54H69BN2. The maximum absolute atomic E-state index is 2.60. The molecule has 2 nitrogen and oxygen atoms in total. The summed E-state index contributed by atoms with van der Waals surface area (Å²) in [7, 11) is 0. The first kappa shape index (κ1) is 40.9. The first-order valence-corrected chi connectivity index (χ1v) is 22.0. The summed E-state index contributed by atoms with van der Waals surface area (Å²) in [5, 5.41) is 0. The zero-order chi connectivity index (χ0) is 41.5. The Balaban J connectivity index is 1.60. The van der Waals surface area contributed by atoms with Gasteiger partial charge in [0.15, 0.2) is 0 Å². The van der Waals surface area contributed by atoms with E-state index in [1.165, 1.54) is 78.3 Å². The van der Waals surface area contributed by atoms with Crippen molar-refractivity contribution in [2.75, 3.05) is 9.80 Å². The summed E-state index contributed by atoms with van der Waals surface area (Å²) in [5.41, 5.74) is 19.0. The van der Waals surface area contributed by atoms with Gasteiger partial charge in [-0.1, -0.05) is 152 Å². The third kappa shape index (κ3) is 6.96. The van der Waals surface area contributed by atoms with Gasteiger partial charge in [0.25, 0.3) is 6.71 Å². The molecular weight excluding hydrogens is 687 g/mol. The summed E-state index contributed by atoms with van der Waals surface area (Å²) < 4.78 is 0. The SMILES string of the molecule is CCC(C)(C)c1ccc(N2c3ccc(C(C)(C)CC)cc3B3c4cc(C(C)(C)CC)ccc4N(c4ccc(C(C)(C)CC)cc4)c4cc(C(C)(C)C)cc2c43)cc1. The molecule has 2 aliphatic rings. The lowest BCUT2D eigenvalue weighted by atomic mass is 9.33. The number of fused-ring (bicyclic) bond motifs is 4. The molecule has 0 saturated carbocycles. The first-order chi connectivity index (χ1) is 26.7. The molecule has 298 valence electrons. The average Bonchev–Trinajstić information content (AvgIpc) is 3.19. The largest absolute Gasteiger partial charge is 0.311 e. The monoisotopic (exact) mass is 757 g/mol. The summed E-state index contributed by atoms with van der Waals surface area (Å²) in [4.78, 5) is 5.20. The van der Waals surface area contributed by atoms with Crippen LogP contribution in [0.25, 0.3) is 0 Å². The second kappa shape index (κ2) is 14.2. The molecule has 0 fully saturated rings.